The van der Waals surface area contributed by atoms with Crippen LogP contribution in [0.15, 0.2) is 48.7 Å². The number of pyridine rings is 1. The molecule has 2 aliphatic rings. The number of benzene rings is 1. The zero-order valence-electron chi connectivity index (χ0n) is 14.4. The van der Waals surface area contributed by atoms with Crippen LogP contribution in [0.4, 0.5) is 5.82 Å². The highest BCUT2D eigenvalue weighted by Crippen LogP contribution is 2.47. The Labute approximate surface area is 144 Å². The molecule has 2 fully saturated rings. The van der Waals surface area contributed by atoms with Gasteiger partial charge in [0.05, 0.1) is 5.60 Å². The summed E-state index contributed by atoms with van der Waals surface area (Å²) in [5.74, 6) is 1.35. The fraction of sp³-hybridized carbons (Fsp3) is 0.476. The Balaban J connectivity index is 1.68. The smallest absolute Gasteiger partial charge is 0.128 e. The molecule has 1 aliphatic heterocycles. The molecule has 0 radical (unpaired) electrons. The van der Waals surface area contributed by atoms with Crippen LogP contribution in [-0.2, 0) is 5.60 Å². The van der Waals surface area contributed by atoms with Crippen molar-refractivity contribution in [2.45, 2.75) is 50.7 Å². The van der Waals surface area contributed by atoms with Crippen molar-refractivity contribution in [1.29, 1.82) is 0 Å². The molecule has 0 amide bonds. The molecule has 3 nitrogen and oxygen atoms in total. The Bertz CT molecular complexity index is 685. The van der Waals surface area contributed by atoms with Crippen LogP contribution in [0.1, 0.15) is 43.2 Å². The molecule has 1 saturated carbocycles. The van der Waals surface area contributed by atoms with Crippen LogP contribution in [0.5, 0.6) is 0 Å². The highest BCUT2D eigenvalue weighted by Gasteiger charge is 2.49. The normalized spacial score (nSPS) is 30.0. The van der Waals surface area contributed by atoms with Gasteiger partial charge in [0, 0.05) is 24.7 Å². The van der Waals surface area contributed by atoms with Crippen LogP contribution in [0.2, 0.25) is 0 Å². The SMILES string of the molecule is Cc1ccc(N2CC[C@@](O)(c3ccccc3)[C@@H]3CCCCC32)nc1. The fourth-order valence-electron chi connectivity index (χ4n) is 4.68. The third kappa shape index (κ3) is 2.61. The predicted octanol–water partition coefficient (Wildman–Crippen LogP) is 4.05. The first kappa shape index (κ1) is 15.6. The van der Waals surface area contributed by atoms with Gasteiger partial charge < -0.3 is 10.0 Å². The van der Waals surface area contributed by atoms with Gasteiger partial charge in [0.25, 0.3) is 0 Å². The number of nitrogens with zero attached hydrogens (tertiary/aromatic N) is 2. The Hall–Kier alpha value is -1.87. The number of aromatic nitrogens is 1. The predicted molar refractivity (Wildman–Crippen MR) is 97.0 cm³/mol. The van der Waals surface area contributed by atoms with E-state index in [-0.39, 0.29) is 5.92 Å². The lowest BCUT2D eigenvalue weighted by atomic mass is 9.66. The Kier molecular flexibility index (Phi) is 4.05. The second-order valence-corrected chi connectivity index (χ2v) is 7.39. The summed E-state index contributed by atoms with van der Waals surface area (Å²) in [5.41, 5.74) is 1.57. The summed E-state index contributed by atoms with van der Waals surface area (Å²) in [4.78, 5) is 7.10. The maximum Gasteiger partial charge on any atom is 0.128 e. The molecule has 1 unspecified atom stereocenters. The minimum atomic E-state index is -0.701. The monoisotopic (exact) mass is 322 g/mol. The van der Waals surface area contributed by atoms with Gasteiger partial charge in [-0.05, 0) is 43.4 Å². The first-order valence-electron chi connectivity index (χ1n) is 9.16. The van der Waals surface area contributed by atoms with Crippen LogP contribution in [-0.4, -0.2) is 22.7 Å². The molecule has 126 valence electrons. The highest BCUT2D eigenvalue weighted by atomic mass is 16.3. The van der Waals surface area contributed by atoms with E-state index in [1.165, 1.54) is 18.4 Å². The van der Waals surface area contributed by atoms with Gasteiger partial charge in [-0.25, -0.2) is 4.98 Å². The second-order valence-electron chi connectivity index (χ2n) is 7.39. The number of hydrogen-bond acceptors (Lipinski definition) is 3. The highest BCUT2D eigenvalue weighted by molar-refractivity contribution is 5.43. The molecule has 2 aromatic rings. The third-order valence-electron chi connectivity index (χ3n) is 5.94. The first-order valence-corrected chi connectivity index (χ1v) is 9.16. The zero-order valence-corrected chi connectivity index (χ0v) is 14.4. The van der Waals surface area contributed by atoms with Crippen LogP contribution >= 0.6 is 0 Å². The first-order chi connectivity index (χ1) is 11.7. The molecule has 24 heavy (non-hydrogen) atoms. The van der Waals surface area contributed by atoms with Gasteiger partial charge in [-0.2, -0.15) is 0 Å². The number of anilines is 1. The second kappa shape index (κ2) is 6.21. The van der Waals surface area contributed by atoms with Gasteiger partial charge in [-0.15, -0.1) is 0 Å². The molecular weight excluding hydrogens is 296 g/mol. The Morgan fingerprint density at radius 2 is 1.88 bits per heavy atom. The largest absolute Gasteiger partial charge is 0.385 e. The molecule has 1 aromatic heterocycles. The Morgan fingerprint density at radius 1 is 1.08 bits per heavy atom. The number of piperidine rings is 1. The summed E-state index contributed by atoms with van der Waals surface area (Å²) in [6.07, 6.45) is 7.42. The molecule has 2 heterocycles. The van der Waals surface area contributed by atoms with Crippen molar-refractivity contribution in [2.24, 2.45) is 5.92 Å². The Morgan fingerprint density at radius 3 is 2.62 bits per heavy atom. The van der Waals surface area contributed by atoms with Crippen molar-refractivity contribution in [1.82, 2.24) is 4.98 Å². The van der Waals surface area contributed by atoms with E-state index in [9.17, 15) is 5.11 Å². The molecule has 3 heteroatoms. The minimum absolute atomic E-state index is 0.283. The van der Waals surface area contributed by atoms with Crippen molar-refractivity contribution in [2.75, 3.05) is 11.4 Å². The van der Waals surface area contributed by atoms with Crippen molar-refractivity contribution in [3.63, 3.8) is 0 Å². The maximum absolute atomic E-state index is 11.6. The maximum atomic E-state index is 11.6. The lowest BCUT2D eigenvalue weighted by molar-refractivity contribution is -0.0690. The van der Waals surface area contributed by atoms with E-state index in [2.05, 4.69) is 41.1 Å². The number of aliphatic hydroxyl groups is 1. The van der Waals surface area contributed by atoms with Crippen molar-refractivity contribution < 1.29 is 5.11 Å². The van der Waals surface area contributed by atoms with Gasteiger partial charge in [-0.1, -0.05) is 49.2 Å². The number of hydrogen-bond donors (Lipinski definition) is 1. The topological polar surface area (TPSA) is 36.4 Å². The average Bonchev–Trinajstić information content (AvgIpc) is 2.64. The van der Waals surface area contributed by atoms with Crippen molar-refractivity contribution >= 4 is 5.82 Å². The van der Waals surface area contributed by atoms with E-state index in [1.807, 2.05) is 24.4 Å². The molecule has 3 atom stereocenters. The lowest BCUT2D eigenvalue weighted by Gasteiger charge is -2.53. The summed E-state index contributed by atoms with van der Waals surface area (Å²) in [5, 5.41) is 11.6. The van der Waals surface area contributed by atoms with E-state index in [0.29, 0.717) is 6.04 Å². The summed E-state index contributed by atoms with van der Waals surface area (Å²) < 4.78 is 0. The summed E-state index contributed by atoms with van der Waals surface area (Å²) in [7, 11) is 0. The van der Waals surface area contributed by atoms with Gasteiger partial charge in [-0.3, -0.25) is 0 Å². The van der Waals surface area contributed by atoms with Crippen LogP contribution < -0.4 is 4.90 Å². The molecule has 1 saturated heterocycles. The van der Waals surface area contributed by atoms with Gasteiger partial charge in [0.1, 0.15) is 5.82 Å². The van der Waals surface area contributed by atoms with E-state index in [4.69, 9.17) is 0 Å². The summed E-state index contributed by atoms with van der Waals surface area (Å²) >= 11 is 0. The number of fused-ring (bicyclic) bond motifs is 1. The summed E-state index contributed by atoms with van der Waals surface area (Å²) in [6, 6.07) is 14.9. The standard InChI is InChI=1S/C21H26N2O/c1-16-11-12-20(22-15-16)23-14-13-21(24,17-7-3-2-4-8-17)18-9-5-6-10-19(18)23/h2-4,7-8,11-12,15,18-19,24H,5-6,9-10,13-14H2,1H3/t18-,19?,21-/m1/s1. The molecule has 4 rings (SSSR count). The van der Waals surface area contributed by atoms with E-state index in [1.54, 1.807) is 0 Å². The number of rotatable bonds is 2. The third-order valence-corrected chi connectivity index (χ3v) is 5.94. The van der Waals surface area contributed by atoms with E-state index >= 15 is 0 Å². The summed E-state index contributed by atoms with van der Waals surface area (Å²) in [6.45, 7) is 2.94. The van der Waals surface area contributed by atoms with Crippen LogP contribution in [0, 0.1) is 12.8 Å². The molecule has 1 aliphatic carbocycles. The molecule has 0 spiro atoms. The van der Waals surface area contributed by atoms with Gasteiger partial charge in [0.2, 0.25) is 0 Å². The van der Waals surface area contributed by atoms with Crippen molar-refractivity contribution in [3.05, 3.63) is 59.8 Å². The van der Waals surface area contributed by atoms with Gasteiger partial charge >= 0.3 is 0 Å². The molecule has 1 aromatic carbocycles. The van der Waals surface area contributed by atoms with Crippen LogP contribution in [0.25, 0.3) is 0 Å². The molecule has 0 bridgehead atoms. The van der Waals surface area contributed by atoms with Crippen molar-refractivity contribution in [3.8, 4) is 0 Å². The number of aryl methyl sites for hydroxylation is 1. The molecule has 1 N–H and O–H groups in total. The van der Waals surface area contributed by atoms with E-state index in [0.717, 1.165) is 37.2 Å². The molecular formula is C21H26N2O. The lowest BCUT2D eigenvalue weighted by Crippen LogP contribution is -2.57. The van der Waals surface area contributed by atoms with Gasteiger partial charge in [0.15, 0.2) is 0 Å². The van der Waals surface area contributed by atoms with Crippen LogP contribution in [0.3, 0.4) is 0 Å². The average molecular weight is 322 g/mol. The van der Waals surface area contributed by atoms with E-state index < -0.39 is 5.60 Å². The minimum Gasteiger partial charge on any atom is -0.385 e. The fourth-order valence-corrected chi connectivity index (χ4v) is 4.68. The zero-order chi connectivity index (χ0) is 16.6. The quantitative estimate of drug-likeness (QED) is 0.906.